The average molecular weight is 201 g/mol. The number of aromatic amines is 1. The number of benzene rings is 1. The molecule has 0 unspecified atom stereocenters. The van der Waals surface area contributed by atoms with E-state index in [1.54, 1.807) is 0 Å². The molecular weight excluding hydrogens is 190 g/mol. The molecule has 0 bridgehead atoms. The van der Waals surface area contributed by atoms with Crippen LogP contribution in [-0.2, 0) is 5.60 Å². The van der Waals surface area contributed by atoms with Gasteiger partial charge in [-0.15, -0.1) is 0 Å². The minimum Gasteiger partial charge on any atom is -0.479 e. The molecule has 0 amide bonds. The lowest BCUT2D eigenvalue weighted by molar-refractivity contribution is 0.171. The van der Waals surface area contributed by atoms with Crippen LogP contribution in [0.2, 0.25) is 0 Å². The molecule has 1 aliphatic carbocycles. The molecule has 76 valence electrons. The fourth-order valence-corrected chi connectivity index (χ4v) is 1.64. The zero-order valence-corrected chi connectivity index (χ0v) is 8.18. The summed E-state index contributed by atoms with van der Waals surface area (Å²) in [6.07, 6.45) is 3.51. The smallest absolute Gasteiger partial charge is 0.168 e. The highest BCUT2D eigenvalue weighted by Crippen LogP contribution is 2.47. The number of nitrogens with one attached hydrogen (secondary N) is 1. The number of aromatic nitrogens is 3. The minimum absolute atomic E-state index is 0.252. The van der Waals surface area contributed by atoms with Crippen LogP contribution in [-0.4, -0.2) is 15.2 Å². The molecule has 0 radical (unpaired) electrons. The van der Waals surface area contributed by atoms with E-state index in [4.69, 9.17) is 4.74 Å². The second-order valence-electron chi connectivity index (χ2n) is 3.74. The van der Waals surface area contributed by atoms with Gasteiger partial charge >= 0.3 is 0 Å². The van der Waals surface area contributed by atoms with E-state index in [1.165, 1.54) is 6.33 Å². The molecule has 2 aromatic rings. The van der Waals surface area contributed by atoms with Crippen molar-refractivity contribution in [3.8, 4) is 5.75 Å². The quantitative estimate of drug-likeness (QED) is 0.824. The van der Waals surface area contributed by atoms with Gasteiger partial charge in [0.15, 0.2) is 11.4 Å². The van der Waals surface area contributed by atoms with E-state index >= 15 is 0 Å². The van der Waals surface area contributed by atoms with Crippen molar-refractivity contribution in [2.45, 2.75) is 18.4 Å². The van der Waals surface area contributed by atoms with Crippen molar-refractivity contribution in [1.82, 2.24) is 15.2 Å². The highest BCUT2D eigenvalue weighted by atomic mass is 16.5. The summed E-state index contributed by atoms with van der Waals surface area (Å²) < 4.78 is 5.92. The van der Waals surface area contributed by atoms with Crippen LogP contribution in [0.15, 0.2) is 36.7 Å². The van der Waals surface area contributed by atoms with Crippen molar-refractivity contribution in [2.75, 3.05) is 0 Å². The first-order chi connectivity index (χ1) is 7.39. The van der Waals surface area contributed by atoms with Crippen LogP contribution in [0, 0.1) is 0 Å². The standard InChI is InChI=1S/C11H11N3O/c1-2-4-9(5-3-1)15-11(6-7-11)10-12-8-13-14-10/h1-5,8H,6-7H2,(H,12,13,14). The molecule has 4 heteroatoms. The fraction of sp³-hybridized carbons (Fsp3) is 0.273. The molecule has 1 heterocycles. The van der Waals surface area contributed by atoms with Gasteiger partial charge in [-0.25, -0.2) is 4.98 Å². The third kappa shape index (κ3) is 1.48. The van der Waals surface area contributed by atoms with Crippen LogP contribution in [0.25, 0.3) is 0 Å². The van der Waals surface area contributed by atoms with Crippen LogP contribution in [0.5, 0.6) is 5.75 Å². The average Bonchev–Trinajstić information content (AvgIpc) is 2.84. The number of H-pyrrole nitrogens is 1. The predicted octanol–water partition coefficient (Wildman–Crippen LogP) is 1.87. The van der Waals surface area contributed by atoms with Crippen molar-refractivity contribution in [2.24, 2.45) is 0 Å². The van der Waals surface area contributed by atoms with Crippen LogP contribution in [0.1, 0.15) is 18.7 Å². The predicted molar refractivity (Wildman–Crippen MR) is 54.4 cm³/mol. The SMILES string of the molecule is c1ccc(OC2(c3ncn[nH]3)CC2)cc1. The van der Waals surface area contributed by atoms with E-state index in [0.29, 0.717) is 0 Å². The Balaban J connectivity index is 1.84. The Labute approximate surface area is 87.3 Å². The number of hydrogen-bond donors (Lipinski definition) is 1. The summed E-state index contributed by atoms with van der Waals surface area (Å²) >= 11 is 0. The molecule has 0 atom stereocenters. The van der Waals surface area contributed by atoms with Gasteiger partial charge in [0, 0.05) is 0 Å². The molecular formula is C11H11N3O. The van der Waals surface area contributed by atoms with Crippen LogP contribution in [0.4, 0.5) is 0 Å². The van der Waals surface area contributed by atoms with Crippen molar-refractivity contribution in [3.63, 3.8) is 0 Å². The number of ether oxygens (including phenoxy) is 1. The monoisotopic (exact) mass is 201 g/mol. The summed E-state index contributed by atoms with van der Waals surface area (Å²) in [5.74, 6) is 1.71. The highest BCUT2D eigenvalue weighted by Gasteiger charge is 2.50. The third-order valence-corrected chi connectivity index (χ3v) is 2.61. The number of rotatable bonds is 3. The molecule has 1 aromatic heterocycles. The van der Waals surface area contributed by atoms with Gasteiger partial charge in [0.1, 0.15) is 12.1 Å². The van der Waals surface area contributed by atoms with Gasteiger partial charge in [0.25, 0.3) is 0 Å². The van der Waals surface area contributed by atoms with E-state index in [2.05, 4.69) is 15.2 Å². The molecule has 3 rings (SSSR count). The maximum absolute atomic E-state index is 5.92. The van der Waals surface area contributed by atoms with E-state index in [-0.39, 0.29) is 5.60 Å². The topological polar surface area (TPSA) is 50.8 Å². The normalized spacial score (nSPS) is 17.3. The summed E-state index contributed by atoms with van der Waals surface area (Å²) in [6.45, 7) is 0. The summed E-state index contributed by atoms with van der Waals surface area (Å²) in [6, 6.07) is 9.81. The summed E-state index contributed by atoms with van der Waals surface area (Å²) in [5.41, 5.74) is -0.252. The zero-order chi connectivity index (χ0) is 10.1. The molecule has 15 heavy (non-hydrogen) atoms. The van der Waals surface area contributed by atoms with Gasteiger partial charge in [-0.2, -0.15) is 5.10 Å². The second kappa shape index (κ2) is 3.08. The van der Waals surface area contributed by atoms with Gasteiger partial charge in [-0.3, -0.25) is 5.10 Å². The number of para-hydroxylation sites is 1. The molecule has 4 nitrogen and oxygen atoms in total. The third-order valence-electron chi connectivity index (χ3n) is 2.61. The van der Waals surface area contributed by atoms with E-state index < -0.39 is 0 Å². The lowest BCUT2D eigenvalue weighted by Gasteiger charge is -2.14. The van der Waals surface area contributed by atoms with E-state index in [9.17, 15) is 0 Å². The molecule has 1 fully saturated rings. The van der Waals surface area contributed by atoms with Crippen molar-refractivity contribution in [3.05, 3.63) is 42.5 Å². The molecule has 0 aliphatic heterocycles. The minimum atomic E-state index is -0.252. The zero-order valence-electron chi connectivity index (χ0n) is 8.18. The van der Waals surface area contributed by atoms with Crippen molar-refractivity contribution in [1.29, 1.82) is 0 Å². The maximum Gasteiger partial charge on any atom is 0.168 e. The molecule has 0 spiro atoms. The lowest BCUT2D eigenvalue weighted by Crippen LogP contribution is -2.17. The largest absolute Gasteiger partial charge is 0.479 e. The van der Waals surface area contributed by atoms with Gasteiger partial charge in [0.05, 0.1) is 0 Å². The Morgan fingerprint density at radius 3 is 2.60 bits per heavy atom. The molecule has 0 saturated heterocycles. The first kappa shape index (κ1) is 8.47. The van der Waals surface area contributed by atoms with Gasteiger partial charge in [0.2, 0.25) is 0 Å². The Bertz CT molecular complexity index is 434. The first-order valence-corrected chi connectivity index (χ1v) is 4.99. The Morgan fingerprint density at radius 2 is 2.00 bits per heavy atom. The fourth-order valence-electron chi connectivity index (χ4n) is 1.64. The highest BCUT2D eigenvalue weighted by molar-refractivity contribution is 5.25. The van der Waals surface area contributed by atoms with Crippen LogP contribution in [0.3, 0.4) is 0 Å². The second-order valence-corrected chi connectivity index (χ2v) is 3.74. The first-order valence-electron chi connectivity index (χ1n) is 4.99. The van der Waals surface area contributed by atoms with Gasteiger partial charge in [-0.1, -0.05) is 18.2 Å². The van der Waals surface area contributed by atoms with E-state index in [1.807, 2.05) is 30.3 Å². The Kier molecular flexibility index (Phi) is 1.74. The Hall–Kier alpha value is -1.84. The van der Waals surface area contributed by atoms with Gasteiger partial charge in [-0.05, 0) is 25.0 Å². The maximum atomic E-state index is 5.92. The summed E-state index contributed by atoms with van der Waals surface area (Å²) in [5, 5.41) is 6.73. The molecule has 1 aromatic carbocycles. The summed E-state index contributed by atoms with van der Waals surface area (Å²) in [4.78, 5) is 4.15. The molecule has 1 saturated carbocycles. The van der Waals surface area contributed by atoms with Crippen molar-refractivity contribution < 1.29 is 4.74 Å². The molecule has 1 N–H and O–H groups in total. The van der Waals surface area contributed by atoms with Crippen molar-refractivity contribution >= 4 is 0 Å². The lowest BCUT2D eigenvalue weighted by atomic mass is 10.3. The van der Waals surface area contributed by atoms with Crippen LogP contribution >= 0.6 is 0 Å². The number of hydrogen-bond acceptors (Lipinski definition) is 3. The summed E-state index contributed by atoms with van der Waals surface area (Å²) in [7, 11) is 0. The molecule has 1 aliphatic rings. The number of nitrogens with zero attached hydrogens (tertiary/aromatic N) is 2. The van der Waals surface area contributed by atoms with Gasteiger partial charge < -0.3 is 4.74 Å². The Morgan fingerprint density at radius 1 is 1.20 bits per heavy atom. The van der Waals surface area contributed by atoms with E-state index in [0.717, 1.165) is 24.4 Å². The van der Waals surface area contributed by atoms with Crippen LogP contribution < -0.4 is 4.74 Å².